The van der Waals surface area contributed by atoms with Crippen molar-refractivity contribution < 1.29 is 28.6 Å². The van der Waals surface area contributed by atoms with Gasteiger partial charge in [0.25, 0.3) is 5.91 Å². The lowest BCUT2D eigenvalue weighted by atomic mass is 9.82. The van der Waals surface area contributed by atoms with Gasteiger partial charge >= 0.3 is 0 Å². The molecule has 49 heavy (non-hydrogen) atoms. The monoisotopic (exact) mass is 668 g/mol. The van der Waals surface area contributed by atoms with Crippen molar-refractivity contribution in [3.05, 3.63) is 83.4 Å². The van der Waals surface area contributed by atoms with Gasteiger partial charge in [0.2, 0.25) is 0 Å². The molecule has 262 valence electrons. The second kappa shape index (κ2) is 15.5. The molecule has 8 rings (SSSR count). The van der Waals surface area contributed by atoms with Crippen LogP contribution < -0.4 is 20.1 Å². The number of carbonyl (C=O) groups excluding carboxylic acids is 1. The van der Waals surface area contributed by atoms with Gasteiger partial charge < -0.3 is 34.4 Å². The van der Waals surface area contributed by atoms with Crippen LogP contribution in [-0.4, -0.2) is 74.1 Å². The lowest BCUT2D eigenvalue weighted by molar-refractivity contribution is -0.946. The summed E-state index contributed by atoms with van der Waals surface area (Å²) in [7, 11) is 0. The number of hydrogen-bond donors (Lipinski definition) is 3. The number of phenolic OH excluding ortho intramolecular Hbond substituents is 1. The number of aromatic hydroxyl groups is 1. The molecule has 1 aliphatic carbocycles. The summed E-state index contributed by atoms with van der Waals surface area (Å²) < 4.78 is 19.9. The molecular weight excluding hydrogens is 614 g/mol. The van der Waals surface area contributed by atoms with Crippen molar-refractivity contribution in [2.45, 2.75) is 76.4 Å². The number of rotatable bonds is 15. The van der Waals surface area contributed by atoms with Gasteiger partial charge in [-0.3, -0.25) is 4.79 Å². The number of quaternary nitrogens is 1. The summed E-state index contributed by atoms with van der Waals surface area (Å²) >= 11 is 0. The summed E-state index contributed by atoms with van der Waals surface area (Å²) in [6.07, 6.45) is 10.1. The van der Waals surface area contributed by atoms with E-state index >= 15 is 0 Å². The number of fused-ring (bicyclic) bond motifs is 4. The first-order chi connectivity index (χ1) is 23.9. The van der Waals surface area contributed by atoms with E-state index in [1.165, 1.54) is 73.3 Å². The molecule has 3 atom stereocenters. The predicted molar refractivity (Wildman–Crippen MR) is 192 cm³/mol. The quantitative estimate of drug-likeness (QED) is 0.120. The number of piperidine rings is 3. The number of phenols is 1. The van der Waals surface area contributed by atoms with E-state index in [-0.39, 0.29) is 24.3 Å². The third-order valence-electron chi connectivity index (χ3n) is 11.8. The molecule has 3 aromatic carbocycles. The van der Waals surface area contributed by atoms with Crippen LogP contribution in [0.15, 0.2) is 66.7 Å². The zero-order valence-corrected chi connectivity index (χ0v) is 29.1. The molecule has 5 aliphatic rings. The highest BCUT2D eigenvalue weighted by Gasteiger charge is 2.46. The normalized spacial score (nSPS) is 24.6. The van der Waals surface area contributed by atoms with Crippen LogP contribution in [0.2, 0.25) is 0 Å². The highest BCUT2D eigenvalue weighted by atomic mass is 16.5. The van der Waals surface area contributed by atoms with E-state index in [2.05, 4.69) is 72.2 Å². The topological polar surface area (TPSA) is 89.0 Å². The lowest BCUT2D eigenvalue weighted by Gasteiger charge is -2.52. The molecule has 0 radical (unpaired) electrons. The number of nitrogens with zero attached hydrogens (tertiary/aromatic N) is 1. The Morgan fingerprint density at radius 2 is 1.78 bits per heavy atom. The Hall–Kier alpha value is -3.59. The van der Waals surface area contributed by atoms with E-state index in [9.17, 15) is 9.90 Å². The number of benzene rings is 3. The van der Waals surface area contributed by atoms with Gasteiger partial charge in [0.05, 0.1) is 38.5 Å². The summed E-state index contributed by atoms with van der Waals surface area (Å²) in [6, 6.07) is 22.9. The number of carbonyl (C=O) groups is 1. The zero-order chi connectivity index (χ0) is 33.6. The first kappa shape index (κ1) is 33.9. The summed E-state index contributed by atoms with van der Waals surface area (Å²) in [6.45, 7) is 9.34. The van der Waals surface area contributed by atoms with Gasteiger partial charge in [-0.15, -0.1) is 0 Å². The molecule has 1 amide bonds. The van der Waals surface area contributed by atoms with E-state index in [0.717, 1.165) is 55.9 Å². The van der Waals surface area contributed by atoms with Gasteiger partial charge in [-0.25, -0.2) is 0 Å². The van der Waals surface area contributed by atoms with Crippen LogP contribution in [0, 0.1) is 11.8 Å². The molecule has 8 heteroatoms. The summed E-state index contributed by atoms with van der Waals surface area (Å²) in [4.78, 5) is 11.7. The summed E-state index contributed by atoms with van der Waals surface area (Å²) in [5.41, 5.74) is 4.06. The third-order valence-corrected chi connectivity index (χ3v) is 11.8. The van der Waals surface area contributed by atoms with Crippen molar-refractivity contribution in [1.29, 1.82) is 0 Å². The van der Waals surface area contributed by atoms with Crippen molar-refractivity contribution >= 4 is 11.6 Å². The number of nitrogens with one attached hydrogen (secondary N) is 2. The molecule has 0 spiro atoms. The molecule has 3 saturated heterocycles. The smallest absolute Gasteiger partial charge is 0.262 e. The molecule has 4 aliphatic heterocycles. The van der Waals surface area contributed by atoms with Crippen LogP contribution in [0.5, 0.6) is 17.2 Å². The van der Waals surface area contributed by atoms with Crippen LogP contribution in [0.25, 0.3) is 0 Å². The first-order valence-corrected chi connectivity index (χ1v) is 18.7. The largest absolute Gasteiger partial charge is 0.508 e. The van der Waals surface area contributed by atoms with Crippen molar-refractivity contribution in [2.75, 3.05) is 57.9 Å². The SMILES string of the molecule is C[C@@H](NCCc1cc(O)cc2c1OCC(=O)N2)c1ccc(OCCC[N+]23CCC(CC2)[C@H](OCC(c2ccccc2)C2CCCC2)C3)cc1. The summed E-state index contributed by atoms with van der Waals surface area (Å²) in [5, 5.41) is 16.4. The van der Waals surface area contributed by atoms with Gasteiger partial charge in [0, 0.05) is 48.8 Å². The molecule has 4 fully saturated rings. The Morgan fingerprint density at radius 3 is 2.55 bits per heavy atom. The fourth-order valence-electron chi connectivity index (χ4n) is 8.95. The molecule has 1 saturated carbocycles. The molecule has 1 unspecified atom stereocenters. The van der Waals surface area contributed by atoms with Crippen LogP contribution in [0.1, 0.15) is 80.5 Å². The molecular formula is C41H54N3O5+. The second-order valence-electron chi connectivity index (χ2n) is 15.0. The van der Waals surface area contributed by atoms with E-state index < -0.39 is 0 Å². The van der Waals surface area contributed by atoms with Crippen molar-refractivity contribution in [3.63, 3.8) is 0 Å². The number of anilines is 1. The lowest BCUT2D eigenvalue weighted by Crippen LogP contribution is -2.64. The predicted octanol–water partition coefficient (Wildman–Crippen LogP) is 6.98. The molecule has 3 N–H and O–H groups in total. The molecule has 0 aromatic heterocycles. The maximum atomic E-state index is 11.7. The van der Waals surface area contributed by atoms with Crippen molar-refractivity contribution in [3.8, 4) is 17.2 Å². The van der Waals surface area contributed by atoms with Crippen molar-refractivity contribution in [1.82, 2.24) is 5.32 Å². The first-order valence-electron chi connectivity index (χ1n) is 18.7. The second-order valence-corrected chi connectivity index (χ2v) is 15.0. The Labute approximate surface area is 291 Å². The highest BCUT2D eigenvalue weighted by molar-refractivity contribution is 5.96. The van der Waals surface area contributed by atoms with Gasteiger partial charge in [0.1, 0.15) is 29.9 Å². The zero-order valence-electron chi connectivity index (χ0n) is 29.1. The minimum Gasteiger partial charge on any atom is -0.508 e. The van der Waals surface area contributed by atoms with Crippen LogP contribution in [0.4, 0.5) is 5.69 Å². The highest BCUT2D eigenvalue weighted by Crippen LogP contribution is 2.40. The average Bonchev–Trinajstić information content (AvgIpc) is 3.66. The van der Waals surface area contributed by atoms with E-state index in [1.54, 1.807) is 6.07 Å². The minimum atomic E-state index is -0.209. The summed E-state index contributed by atoms with van der Waals surface area (Å²) in [5.74, 6) is 3.49. The van der Waals surface area contributed by atoms with Crippen LogP contribution in [0.3, 0.4) is 0 Å². The van der Waals surface area contributed by atoms with Crippen LogP contribution >= 0.6 is 0 Å². The fraction of sp³-hybridized carbons (Fsp3) is 0.537. The van der Waals surface area contributed by atoms with Gasteiger partial charge in [-0.05, 0) is 68.0 Å². The third kappa shape index (κ3) is 8.25. The van der Waals surface area contributed by atoms with Gasteiger partial charge in [-0.2, -0.15) is 0 Å². The Morgan fingerprint density at radius 1 is 1.00 bits per heavy atom. The van der Waals surface area contributed by atoms with Crippen molar-refractivity contribution in [2.24, 2.45) is 11.8 Å². The van der Waals surface area contributed by atoms with E-state index in [1.807, 2.05) is 0 Å². The Bertz CT molecular complexity index is 1530. The average molecular weight is 669 g/mol. The number of amides is 1. The van der Waals surface area contributed by atoms with Gasteiger partial charge in [-0.1, -0.05) is 55.3 Å². The maximum absolute atomic E-state index is 11.7. The maximum Gasteiger partial charge on any atom is 0.262 e. The molecule has 8 nitrogen and oxygen atoms in total. The number of hydrogen-bond acceptors (Lipinski definition) is 6. The fourth-order valence-corrected chi connectivity index (χ4v) is 8.95. The Balaban J connectivity index is 0.847. The molecule has 3 aromatic rings. The van der Waals surface area contributed by atoms with E-state index in [4.69, 9.17) is 14.2 Å². The van der Waals surface area contributed by atoms with Crippen LogP contribution in [-0.2, 0) is 16.0 Å². The molecule has 4 heterocycles. The Kier molecular flexibility index (Phi) is 10.7. The number of ether oxygens (including phenoxy) is 3. The standard InChI is InChI=1S/C41H53N3O5/c1-29(42-19-16-34-24-35(45)25-38-41(34)49-28-40(46)43-38)30-12-14-36(15-13-30)47-23-7-20-44-21-17-33(18-22-44)39(26-44)48-27-37(32-10-5-6-11-32)31-8-3-2-4-9-31/h2-4,8-9,12-15,24-25,29,32-33,37,39,42H,5-7,10-11,16-23,26-28H2,1H3,(H-,43,45,46)/p+1/t29-,33?,37?,39-,44?/m1/s1. The minimum absolute atomic E-state index is 0.00485. The molecule has 2 bridgehead atoms. The van der Waals surface area contributed by atoms with Gasteiger partial charge in [0.15, 0.2) is 6.61 Å². The van der Waals surface area contributed by atoms with E-state index in [0.29, 0.717) is 36.4 Å².